The number of aliphatic hydroxyl groups is 1. The molecule has 1 rings (SSSR count). The minimum absolute atomic E-state index is 0.354. The van der Waals surface area contributed by atoms with E-state index >= 15 is 0 Å². The molecule has 2 heteroatoms. The predicted molar refractivity (Wildman–Crippen MR) is 53.7 cm³/mol. The summed E-state index contributed by atoms with van der Waals surface area (Å²) >= 11 is 0. The van der Waals surface area contributed by atoms with Crippen molar-refractivity contribution in [2.75, 3.05) is 13.2 Å². The van der Waals surface area contributed by atoms with Gasteiger partial charge in [-0.25, -0.2) is 0 Å². The highest BCUT2D eigenvalue weighted by atomic mass is 16.5. The first-order valence-corrected chi connectivity index (χ1v) is 5.47. The first-order valence-electron chi connectivity index (χ1n) is 5.47. The molecule has 1 N–H and O–H groups in total. The molecule has 0 spiro atoms. The van der Waals surface area contributed by atoms with E-state index < -0.39 is 5.60 Å². The smallest absolute Gasteiger partial charge is 0.0669 e. The lowest BCUT2D eigenvalue weighted by molar-refractivity contribution is -0.0663. The zero-order valence-corrected chi connectivity index (χ0v) is 8.88. The van der Waals surface area contributed by atoms with E-state index in [1.807, 2.05) is 6.92 Å². The Hall–Kier alpha value is -0.0800. The number of ether oxygens (including phenoxy) is 1. The van der Waals surface area contributed by atoms with Crippen molar-refractivity contribution in [2.45, 2.75) is 51.6 Å². The first kappa shape index (κ1) is 11.0. The van der Waals surface area contributed by atoms with Gasteiger partial charge in [0.2, 0.25) is 0 Å². The van der Waals surface area contributed by atoms with Gasteiger partial charge in [0.15, 0.2) is 0 Å². The molecule has 78 valence electrons. The average molecular weight is 186 g/mol. The second kappa shape index (κ2) is 4.97. The van der Waals surface area contributed by atoms with Crippen LogP contribution in [0, 0.1) is 5.92 Å². The van der Waals surface area contributed by atoms with E-state index in [9.17, 15) is 5.11 Å². The van der Waals surface area contributed by atoms with Crippen LogP contribution in [0.15, 0.2) is 0 Å². The van der Waals surface area contributed by atoms with Gasteiger partial charge in [-0.1, -0.05) is 19.8 Å². The molecule has 1 fully saturated rings. The lowest BCUT2D eigenvalue weighted by Gasteiger charge is -2.36. The monoisotopic (exact) mass is 186 g/mol. The minimum atomic E-state index is -0.480. The van der Waals surface area contributed by atoms with Crippen LogP contribution in [0.5, 0.6) is 0 Å². The summed E-state index contributed by atoms with van der Waals surface area (Å²) in [6, 6.07) is 0. The van der Waals surface area contributed by atoms with Gasteiger partial charge in [0.1, 0.15) is 0 Å². The summed E-state index contributed by atoms with van der Waals surface area (Å²) in [5, 5.41) is 10.1. The summed E-state index contributed by atoms with van der Waals surface area (Å²) in [6.45, 7) is 5.62. The van der Waals surface area contributed by atoms with Gasteiger partial charge in [-0.3, -0.25) is 0 Å². The maximum Gasteiger partial charge on any atom is 0.0669 e. The Balaban J connectivity index is 2.29. The molecule has 0 heterocycles. The van der Waals surface area contributed by atoms with Crippen LogP contribution < -0.4 is 0 Å². The molecule has 0 bridgehead atoms. The summed E-state index contributed by atoms with van der Waals surface area (Å²) in [6.07, 6.45) is 5.53. The Morgan fingerprint density at radius 1 is 1.46 bits per heavy atom. The van der Waals surface area contributed by atoms with E-state index in [2.05, 4.69) is 6.92 Å². The molecule has 2 nitrogen and oxygen atoms in total. The van der Waals surface area contributed by atoms with Crippen molar-refractivity contribution in [3.05, 3.63) is 0 Å². The highest BCUT2D eigenvalue weighted by molar-refractivity contribution is 4.85. The third kappa shape index (κ3) is 3.28. The second-order valence-electron chi connectivity index (χ2n) is 4.37. The Morgan fingerprint density at radius 2 is 2.23 bits per heavy atom. The van der Waals surface area contributed by atoms with Crippen molar-refractivity contribution in [3.8, 4) is 0 Å². The van der Waals surface area contributed by atoms with Gasteiger partial charge in [0.25, 0.3) is 0 Å². The van der Waals surface area contributed by atoms with Gasteiger partial charge in [0.05, 0.1) is 12.2 Å². The molecule has 0 saturated heterocycles. The van der Waals surface area contributed by atoms with E-state index in [0.717, 1.165) is 38.9 Å². The molecule has 1 saturated carbocycles. The van der Waals surface area contributed by atoms with Gasteiger partial charge in [0, 0.05) is 12.5 Å². The van der Waals surface area contributed by atoms with Crippen molar-refractivity contribution >= 4 is 0 Å². The average Bonchev–Trinajstić information content (AvgIpc) is 2.08. The fourth-order valence-electron chi connectivity index (χ4n) is 2.02. The quantitative estimate of drug-likeness (QED) is 0.683. The van der Waals surface area contributed by atoms with Gasteiger partial charge >= 0.3 is 0 Å². The van der Waals surface area contributed by atoms with Crippen LogP contribution in [0.4, 0.5) is 0 Å². The van der Waals surface area contributed by atoms with Crippen LogP contribution in [0.25, 0.3) is 0 Å². The van der Waals surface area contributed by atoms with Crippen molar-refractivity contribution in [2.24, 2.45) is 5.92 Å². The molecule has 0 aliphatic heterocycles. The van der Waals surface area contributed by atoms with E-state index in [1.165, 1.54) is 6.42 Å². The lowest BCUT2D eigenvalue weighted by Crippen LogP contribution is -2.40. The van der Waals surface area contributed by atoms with Crippen LogP contribution in [0.2, 0.25) is 0 Å². The number of hydrogen-bond acceptors (Lipinski definition) is 2. The van der Waals surface area contributed by atoms with Crippen molar-refractivity contribution in [1.29, 1.82) is 0 Å². The Bertz CT molecular complexity index is 143. The highest BCUT2D eigenvalue weighted by Gasteiger charge is 2.34. The van der Waals surface area contributed by atoms with Crippen LogP contribution in [-0.2, 0) is 4.74 Å². The fourth-order valence-corrected chi connectivity index (χ4v) is 2.02. The molecule has 1 aliphatic rings. The second-order valence-corrected chi connectivity index (χ2v) is 4.37. The van der Waals surface area contributed by atoms with Gasteiger partial charge in [-0.05, 0) is 26.2 Å². The molecule has 0 unspecified atom stereocenters. The molecular formula is C11H22O2. The van der Waals surface area contributed by atoms with Crippen molar-refractivity contribution in [3.63, 3.8) is 0 Å². The van der Waals surface area contributed by atoms with Gasteiger partial charge in [-0.15, -0.1) is 0 Å². The topological polar surface area (TPSA) is 29.5 Å². The third-order valence-corrected chi connectivity index (χ3v) is 3.03. The van der Waals surface area contributed by atoms with Gasteiger partial charge in [-0.2, -0.15) is 0 Å². The molecule has 0 amide bonds. The fraction of sp³-hybridized carbons (Fsp3) is 1.00. The molecule has 2 atom stereocenters. The van der Waals surface area contributed by atoms with Gasteiger partial charge < -0.3 is 9.84 Å². The van der Waals surface area contributed by atoms with E-state index in [4.69, 9.17) is 4.74 Å². The normalized spacial score (nSPS) is 34.8. The zero-order chi connectivity index (χ0) is 9.73. The van der Waals surface area contributed by atoms with E-state index in [0.29, 0.717) is 5.92 Å². The standard InChI is InChI=1S/C11H22O2/c1-3-8-13-9-10-6-4-5-7-11(10,2)12/h10,12H,3-9H2,1-2H3/t10-,11+/m0/s1. The molecule has 0 radical (unpaired) electrons. The minimum Gasteiger partial charge on any atom is -0.390 e. The molecule has 13 heavy (non-hydrogen) atoms. The zero-order valence-electron chi connectivity index (χ0n) is 8.88. The van der Waals surface area contributed by atoms with Crippen LogP contribution in [-0.4, -0.2) is 23.9 Å². The SMILES string of the molecule is CCCOC[C@@H]1CCCC[C@@]1(C)O. The maximum absolute atomic E-state index is 10.1. The number of rotatable bonds is 4. The summed E-state index contributed by atoms with van der Waals surface area (Å²) in [4.78, 5) is 0. The summed E-state index contributed by atoms with van der Waals surface area (Å²) in [7, 11) is 0. The Kier molecular flexibility index (Phi) is 4.20. The van der Waals surface area contributed by atoms with Crippen LogP contribution >= 0.6 is 0 Å². The Labute approximate surface area is 81.3 Å². The van der Waals surface area contributed by atoms with Crippen molar-refractivity contribution < 1.29 is 9.84 Å². The molecular weight excluding hydrogens is 164 g/mol. The Morgan fingerprint density at radius 3 is 2.85 bits per heavy atom. The first-order chi connectivity index (χ1) is 6.17. The molecule has 0 aromatic carbocycles. The lowest BCUT2D eigenvalue weighted by atomic mass is 9.77. The van der Waals surface area contributed by atoms with Crippen LogP contribution in [0.3, 0.4) is 0 Å². The molecule has 0 aromatic rings. The molecule has 0 aromatic heterocycles. The van der Waals surface area contributed by atoms with E-state index in [1.54, 1.807) is 0 Å². The van der Waals surface area contributed by atoms with E-state index in [-0.39, 0.29) is 0 Å². The number of hydrogen-bond donors (Lipinski definition) is 1. The largest absolute Gasteiger partial charge is 0.390 e. The van der Waals surface area contributed by atoms with Crippen molar-refractivity contribution in [1.82, 2.24) is 0 Å². The molecule has 1 aliphatic carbocycles. The highest BCUT2D eigenvalue weighted by Crippen LogP contribution is 2.33. The third-order valence-electron chi connectivity index (χ3n) is 3.03. The summed E-state index contributed by atoms with van der Waals surface area (Å²) in [5.74, 6) is 0.354. The predicted octanol–water partition coefficient (Wildman–Crippen LogP) is 2.35. The summed E-state index contributed by atoms with van der Waals surface area (Å²) < 4.78 is 5.50. The summed E-state index contributed by atoms with van der Waals surface area (Å²) in [5.41, 5.74) is -0.480. The maximum atomic E-state index is 10.1. The van der Waals surface area contributed by atoms with Crippen LogP contribution in [0.1, 0.15) is 46.0 Å².